The van der Waals surface area contributed by atoms with E-state index in [1.165, 1.54) is 38.4 Å². The largest absolute Gasteiger partial charge is 0.507 e. The van der Waals surface area contributed by atoms with E-state index in [0.717, 1.165) is 28.1 Å². The van der Waals surface area contributed by atoms with Crippen molar-refractivity contribution in [2.75, 3.05) is 13.7 Å². The van der Waals surface area contributed by atoms with E-state index in [0.29, 0.717) is 23.7 Å². The van der Waals surface area contributed by atoms with E-state index in [9.17, 15) is 18.3 Å². The van der Waals surface area contributed by atoms with Crippen molar-refractivity contribution in [3.63, 3.8) is 0 Å². The van der Waals surface area contributed by atoms with Crippen molar-refractivity contribution in [3.8, 4) is 39.6 Å². The van der Waals surface area contributed by atoms with Crippen molar-refractivity contribution in [2.24, 2.45) is 7.05 Å². The number of hydrogen-bond donors (Lipinski definition) is 1. The molecule has 1 N–H and O–H groups in total. The van der Waals surface area contributed by atoms with Crippen LogP contribution < -0.4 is 9.47 Å². The standard InChI is InChI=1S/C25H22ClF3N2O3/c1-31-24(25(27,28)29)22(16-5-9-18(33-2)10-6-16)23(30-31)20-12-11-19(13-21(20)32)34-14-15-3-7-17(26)8-4-15/h3,5-7,9-13,32H,4,8,14H2,1-2H3. The highest BCUT2D eigenvalue weighted by Crippen LogP contribution is 2.45. The lowest BCUT2D eigenvalue weighted by Gasteiger charge is -2.14. The van der Waals surface area contributed by atoms with Gasteiger partial charge in [-0.05, 0) is 54.3 Å². The summed E-state index contributed by atoms with van der Waals surface area (Å²) in [6, 6.07) is 10.7. The van der Waals surface area contributed by atoms with Gasteiger partial charge in [0.2, 0.25) is 0 Å². The average Bonchev–Trinajstić information content (AvgIpc) is 3.16. The number of alkyl halides is 3. The Kier molecular flexibility index (Phi) is 6.61. The number of aromatic nitrogens is 2. The van der Waals surface area contributed by atoms with Gasteiger partial charge in [-0.2, -0.15) is 18.3 Å². The topological polar surface area (TPSA) is 56.5 Å². The third-order valence-corrected chi connectivity index (χ3v) is 5.84. The first kappa shape index (κ1) is 23.8. The number of ether oxygens (including phenoxy) is 2. The van der Waals surface area contributed by atoms with Crippen LogP contribution in [0.5, 0.6) is 17.2 Å². The summed E-state index contributed by atoms with van der Waals surface area (Å²) in [5.41, 5.74) is 0.483. The molecule has 0 aliphatic heterocycles. The molecule has 9 heteroatoms. The number of aromatic hydroxyl groups is 1. The number of halogens is 4. The van der Waals surface area contributed by atoms with E-state index >= 15 is 0 Å². The minimum Gasteiger partial charge on any atom is -0.507 e. The number of benzene rings is 2. The Bertz CT molecular complexity index is 1260. The first-order valence-electron chi connectivity index (χ1n) is 10.5. The normalized spacial score (nSPS) is 13.9. The molecule has 0 radical (unpaired) electrons. The Hall–Kier alpha value is -3.39. The van der Waals surface area contributed by atoms with E-state index in [1.54, 1.807) is 18.2 Å². The van der Waals surface area contributed by atoms with Gasteiger partial charge < -0.3 is 14.6 Å². The molecule has 0 atom stereocenters. The fourth-order valence-corrected chi connectivity index (χ4v) is 3.98. The number of allylic oxidation sites excluding steroid dienone is 3. The molecule has 0 saturated heterocycles. The smallest absolute Gasteiger partial charge is 0.433 e. The Morgan fingerprint density at radius 3 is 2.35 bits per heavy atom. The average molecular weight is 491 g/mol. The molecule has 0 unspecified atom stereocenters. The zero-order valence-electron chi connectivity index (χ0n) is 18.5. The molecule has 4 rings (SSSR count). The Morgan fingerprint density at radius 2 is 1.76 bits per heavy atom. The van der Waals surface area contributed by atoms with Crippen molar-refractivity contribution in [1.29, 1.82) is 0 Å². The minimum atomic E-state index is -4.65. The van der Waals surface area contributed by atoms with Crippen molar-refractivity contribution in [1.82, 2.24) is 9.78 Å². The second-order valence-corrected chi connectivity index (χ2v) is 8.31. The van der Waals surface area contributed by atoms with Crippen LogP contribution in [-0.4, -0.2) is 28.6 Å². The molecule has 5 nitrogen and oxygen atoms in total. The fourth-order valence-electron chi connectivity index (χ4n) is 3.82. The molecule has 0 bridgehead atoms. The second-order valence-electron chi connectivity index (χ2n) is 7.83. The van der Waals surface area contributed by atoms with Gasteiger partial charge in [-0.3, -0.25) is 4.68 Å². The summed E-state index contributed by atoms with van der Waals surface area (Å²) in [5, 5.41) is 15.6. The lowest BCUT2D eigenvalue weighted by molar-refractivity contribution is -0.143. The van der Waals surface area contributed by atoms with E-state index in [-0.39, 0.29) is 22.6 Å². The SMILES string of the molecule is COc1ccc(-c2c(-c3ccc(OCC4=CC=C(Cl)CC4)cc3O)nn(C)c2C(F)(F)F)cc1. The van der Waals surface area contributed by atoms with Gasteiger partial charge in [-0.15, -0.1) is 0 Å². The molecule has 0 saturated carbocycles. The molecular formula is C25H22ClF3N2O3. The van der Waals surface area contributed by atoms with E-state index in [1.807, 2.05) is 12.2 Å². The number of phenols is 1. The van der Waals surface area contributed by atoms with Gasteiger partial charge in [0.15, 0.2) is 5.69 Å². The minimum absolute atomic E-state index is 0.0128. The molecule has 1 aliphatic carbocycles. The van der Waals surface area contributed by atoms with Crippen LogP contribution in [0, 0.1) is 0 Å². The van der Waals surface area contributed by atoms with Crippen LogP contribution in [0.15, 0.2) is 65.2 Å². The number of nitrogens with zero attached hydrogens (tertiary/aromatic N) is 2. The van der Waals surface area contributed by atoms with E-state index in [4.69, 9.17) is 21.1 Å². The molecule has 178 valence electrons. The maximum Gasteiger partial charge on any atom is 0.433 e. The first-order chi connectivity index (χ1) is 16.2. The molecule has 0 amide bonds. The summed E-state index contributed by atoms with van der Waals surface area (Å²) in [7, 11) is 2.70. The predicted octanol–water partition coefficient (Wildman–Crippen LogP) is 6.71. The van der Waals surface area contributed by atoms with E-state index < -0.39 is 11.9 Å². The van der Waals surface area contributed by atoms with Gasteiger partial charge >= 0.3 is 6.18 Å². The van der Waals surface area contributed by atoms with Crippen molar-refractivity contribution in [3.05, 3.63) is 70.9 Å². The highest BCUT2D eigenvalue weighted by molar-refractivity contribution is 6.29. The van der Waals surface area contributed by atoms with Gasteiger partial charge in [-0.1, -0.05) is 29.8 Å². The van der Waals surface area contributed by atoms with Crippen molar-refractivity contribution < 1.29 is 27.8 Å². The Balaban J connectivity index is 1.71. The molecule has 1 aliphatic rings. The predicted molar refractivity (Wildman–Crippen MR) is 124 cm³/mol. The summed E-state index contributed by atoms with van der Waals surface area (Å²) < 4.78 is 53.5. The number of aryl methyl sites for hydroxylation is 1. The third-order valence-electron chi connectivity index (χ3n) is 5.53. The van der Waals surface area contributed by atoms with Crippen LogP contribution in [0.2, 0.25) is 0 Å². The summed E-state index contributed by atoms with van der Waals surface area (Å²) >= 11 is 5.97. The molecule has 2 aromatic carbocycles. The van der Waals surface area contributed by atoms with Crippen LogP contribution in [-0.2, 0) is 13.2 Å². The highest BCUT2D eigenvalue weighted by Gasteiger charge is 2.40. The number of methoxy groups -OCH3 is 1. The first-order valence-corrected chi connectivity index (χ1v) is 10.8. The number of rotatable bonds is 6. The number of hydrogen-bond acceptors (Lipinski definition) is 4. The highest BCUT2D eigenvalue weighted by atomic mass is 35.5. The lowest BCUT2D eigenvalue weighted by Crippen LogP contribution is -2.13. The third kappa shape index (κ3) is 4.92. The molecular weight excluding hydrogens is 469 g/mol. The maximum atomic E-state index is 13.9. The summed E-state index contributed by atoms with van der Waals surface area (Å²) in [6.45, 7) is 0.318. The molecule has 3 aromatic rings. The number of phenolic OH excluding ortho intramolecular Hbond substituents is 1. The second kappa shape index (κ2) is 9.46. The lowest BCUT2D eigenvalue weighted by atomic mass is 9.98. The summed E-state index contributed by atoms with van der Waals surface area (Å²) in [6.07, 6.45) is 0.589. The molecule has 1 heterocycles. The molecule has 34 heavy (non-hydrogen) atoms. The summed E-state index contributed by atoms with van der Waals surface area (Å²) in [5.74, 6) is 0.665. The van der Waals surface area contributed by atoms with Gasteiger partial charge in [-0.25, -0.2) is 0 Å². The fraction of sp³-hybridized carbons (Fsp3) is 0.240. The van der Waals surface area contributed by atoms with Crippen LogP contribution in [0.3, 0.4) is 0 Å². The van der Waals surface area contributed by atoms with Gasteiger partial charge in [0.25, 0.3) is 0 Å². The molecule has 0 fully saturated rings. The van der Waals surface area contributed by atoms with Crippen molar-refractivity contribution >= 4 is 11.6 Å². The maximum absolute atomic E-state index is 13.9. The van der Waals surface area contributed by atoms with Crippen molar-refractivity contribution in [2.45, 2.75) is 19.0 Å². The zero-order chi connectivity index (χ0) is 24.5. The molecule has 0 spiro atoms. The summed E-state index contributed by atoms with van der Waals surface area (Å²) in [4.78, 5) is 0. The Morgan fingerprint density at radius 1 is 1.06 bits per heavy atom. The van der Waals surface area contributed by atoms with Gasteiger partial charge in [0.1, 0.15) is 29.5 Å². The quantitative estimate of drug-likeness (QED) is 0.417. The zero-order valence-corrected chi connectivity index (χ0v) is 19.2. The van der Waals surface area contributed by atoms with Crippen LogP contribution in [0.4, 0.5) is 13.2 Å². The van der Waals surface area contributed by atoms with Crippen LogP contribution in [0.1, 0.15) is 18.5 Å². The molecule has 1 aromatic heterocycles. The van der Waals surface area contributed by atoms with Crippen LogP contribution >= 0.6 is 11.6 Å². The van der Waals surface area contributed by atoms with Gasteiger partial charge in [0.05, 0.1) is 7.11 Å². The van der Waals surface area contributed by atoms with Crippen LogP contribution in [0.25, 0.3) is 22.4 Å². The van der Waals surface area contributed by atoms with Gasteiger partial charge in [0, 0.05) is 29.3 Å². The Labute approximate surface area is 199 Å². The monoisotopic (exact) mass is 490 g/mol. The van der Waals surface area contributed by atoms with E-state index in [2.05, 4.69) is 5.10 Å².